The summed E-state index contributed by atoms with van der Waals surface area (Å²) in [6, 6.07) is 24.0. The van der Waals surface area contributed by atoms with Gasteiger partial charge in [-0.1, -0.05) is 48.5 Å². The van der Waals surface area contributed by atoms with Crippen LogP contribution in [0.3, 0.4) is 0 Å². The van der Waals surface area contributed by atoms with Gasteiger partial charge in [0.05, 0.1) is 5.69 Å². The number of pyridine rings is 1. The molecule has 4 rings (SSSR count). The van der Waals surface area contributed by atoms with E-state index in [1.807, 2.05) is 36.4 Å². The van der Waals surface area contributed by atoms with Crippen molar-refractivity contribution in [2.24, 2.45) is 0 Å². The van der Waals surface area contributed by atoms with Crippen LogP contribution in [-0.4, -0.2) is 21.1 Å². The van der Waals surface area contributed by atoms with Crippen molar-refractivity contribution < 1.29 is 4.79 Å². The van der Waals surface area contributed by atoms with Gasteiger partial charge in [0.25, 0.3) is 11.5 Å². The van der Waals surface area contributed by atoms with E-state index in [-0.39, 0.29) is 11.5 Å². The Bertz CT molecular complexity index is 1160. The number of rotatable bonds is 5. The molecule has 2 N–H and O–H groups in total. The summed E-state index contributed by atoms with van der Waals surface area (Å²) in [5, 5.41) is 9.26. The van der Waals surface area contributed by atoms with Gasteiger partial charge in [0.15, 0.2) is 0 Å². The second kappa shape index (κ2) is 8.31. The highest BCUT2D eigenvalue weighted by molar-refractivity contribution is 6.03. The van der Waals surface area contributed by atoms with Gasteiger partial charge in [-0.25, -0.2) is 5.10 Å². The van der Waals surface area contributed by atoms with Crippen molar-refractivity contribution in [1.29, 1.82) is 0 Å². The highest BCUT2D eigenvalue weighted by Crippen LogP contribution is 2.20. The quantitative estimate of drug-likeness (QED) is 0.551. The third-order valence-corrected chi connectivity index (χ3v) is 4.40. The molecule has 0 aliphatic heterocycles. The van der Waals surface area contributed by atoms with E-state index >= 15 is 0 Å². The molecule has 29 heavy (non-hydrogen) atoms. The summed E-state index contributed by atoms with van der Waals surface area (Å²) >= 11 is 0. The largest absolute Gasteiger partial charge is 0.321 e. The molecule has 2 aromatic carbocycles. The second-order valence-corrected chi connectivity index (χ2v) is 6.56. The number of amides is 1. The summed E-state index contributed by atoms with van der Waals surface area (Å²) in [4.78, 5) is 28.0. The number of carbonyl (C=O) groups is 1. The molecule has 0 fully saturated rings. The first-order chi connectivity index (χ1) is 14.2. The van der Waals surface area contributed by atoms with Crippen molar-refractivity contribution in [1.82, 2.24) is 15.2 Å². The average molecular weight is 382 g/mol. The van der Waals surface area contributed by atoms with E-state index < -0.39 is 0 Å². The molecule has 6 heteroatoms. The van der Waals surface area contributed by atoms with E-state index in [0.717, 1.165) is 17.5 Å². The lowest BCUT2D eigenvalue weighted by Crippen LogP contribution is -2.13. The third-order valence-electron chi connectivity index (χ3n) is 4.40. The Kier molecular flexibility index (Phi) is 5.25. The number of hydrogen-bond acceptors (Lipinski definition) is 4. The molecule has 1 amide bonds. The fourth-order valence-corrected chi connectivity index (χ4v) is 2.95. The molecule has 0 spiro atoms. The number of carbonyl (C=O) groups excluding carboxylic acids is 1. The molecular weight excluding hydrogens is 364 g/mol. The minimum atomic E-state index is -0.289. The first kappa shape index (κ1) is 18.3. The Morgan fingerprint density at radius 2 is 1.76 bits per heavy atom. The number of aromatic nitrogens is 3. The highest BCUT2D eigenvalue weighted by Gasteiger charge is 2.09. The number of aromatic amines is 1. The molecule has 2 aromatic heterocycles. The molecule has 0 bridgehead atoms. The molecule has 0 saturated heterocycles. The maximum absolute atomic E-state index is 12.5. The fourth-order valence-electron chi connectivity index (χ4n) is 2.95. The normalized spacial score (nSPS) is 10.5. The number of benzene rings is 2. The van der Waals surface area contributed by atoms with Crippen LogP contribution in [-0.2, 0) is 6.42 Å². The van der Waals surface area contributed by atoms with Gasteiger partial charge in [0, 0.05) is 23.5 Å². The van der Waals surface area contributed by atoms with Crippen LogP contribution in [0.1, 0.15) is 21.6 Å². The van der Waals surface area contributed by atoms with Gasteiger partial charge in [0.1, 0.15) is 5.69 Å². The monoisotopic (exact) mass is 382 g/mol. The van der Waals surface area contributed by atoms with Crippen LogP contribution in [0.5, 0.6) is 0 Å². The van der Waals surface area contributed by atoms with Gasteiger partial charge in [-0.2, -0.15) is 5.10 Å². The van der Waals surface area contributed by atoms with Crippen molar-refractivity contribution in [3.63, 3.8) is 0 Å². The summed E-state index contributed by atoms with van der Waals surface area (Å²) < 4.78 is 0. The zero-order chi connectivity index (χ0) is 20.1. The zero-order valence-electron chi connectivity index (χ0n) is 15.5. The van der Waals surface area contributed by atoms with Crippen LogP contribution in [0.2, 0.25) is 0 Å². The smallest absolute Gasteiger partial charge is 0.274 e. The Balaban J connectivity index is 1.46. The molecule has 6 nitrogen and oxygen atoms in total. The third kappa shape index (κ3) is 4.62. The summed E-state index contributed by atoms with van der Waals surface area (Å²) in [5.41, 5.74) is 4.33. The van der Waals surface area contributed by atoms with E-state index in [1.54, 1.807) is 30.5 Å². The van der Waals surface area contributed by atoms with Gasteiger partial charge in [0.2, 0.25) is 0 Å². The molecule has 0 aliphatic carbocycles. The predicted molar refractivity (Wildman–Crippen MR) is 112 cm³/mol. The Morgan fingerprint density at radius 3 is 2.48 bits per heavy atom. The SMILES string of the molecule is O=C(Nc1cccc(-c2ccc(=O)[nH]n2)c1)c1ccc(Cc2ccccc2)cn1. The van der Waals surface area contributed by atoms with Crippen molar-refractivity contribution in [3.05, 3.63) is 112 Å². The molecule has 0 unspecified atom stereocenters. The summed E-state index contributed by atoms with van der Waals surface area (Å²) in [6.07, 6.45) is 2.49. The van der Waals surface area contributed by atoms with E-state index in [0.29, 0.717) is 17.1 Å². The van der Waals surface area contributed by atoms with Crippen LogP contribution in [0.15, 0.2) is 89.9 Å². The second-order valence-electron chi connectivity index (χ2n) is 6.56. The predicted octanol–water partition coefficient (Wildman–Crippen LogP) is 3.68. The maximum Gasteiger partial charge on any atom is 0.274 e. The molecule has 0 saturated carbocycles. The van der Waals surface area contributed by atoms with Gasteiger partial charge in [-0.15, -0.1) is 0 Å². The van der Waals surface area contributed by atoms with Crippen LogP contribution >= 0.6 is 0 Å². The molecule has 0 atom stereocenters. The molecule has 2 heterocycles. The standard InChI is InChI=1S/C23H18N4O2/c28-22-12-11-20(26-27-22)18-7-4-8-19(14-18)25-23(29)21-10-9-17(15-24-21)13-16-5-2-1-3-6-16/h1-12,14-15H,13H2,(H,25,29)(H,27,28). The number of H-pyrrole nitrogens is 1. The van der Waals surface area contributed by atoms with Crippen LogP contribution < -0.4 is 10.9 Å². The fraction of sp³-hybridized carbons (Fsp3) is 0.0435. The van der Waals surface area contributed by atoms with Gasteiger partial charge in [-0.3, -0.25) is 14.6 Å². The van der Waals surface area contributed by atoms with Gasteiger partial charge >= 0.3 is 0 Å². The summed E-state index contributed by atoms with van der Waals surface area (Å²) in [7, 11) is 0. The molecule has 0 aliphatic rings. The van der Waals surface area contributed by atoms with Crippen LogP contribution in [0.4, 0.5) is 5.69 Å². The average Bonchev–Trinajstić information content (AvgIpc) is 2.76. The number of anilines is 1. The Labute approximate surface area is 167 Å². The van der Waals surface area contributed by atoms with Crippen molar-refractivity contribution in [3.8, 4) is 11.3 Å². The van der Waals surface area contributed by atoms with Gasteiger partial charge < -0.3 is 5.32 Å². The van der Waals surface area contributed by atoms with Crippen LogP contribution in [0, 0.1) is 0 Å². The zero-order valence-corrected chi connectivity index (χ0v) is 15.5. The first-order valence-electron chi connectivity index (χ1n) is 9.14. The van der Waals surface area contributed by atoms with E-state index in [9.17, 15) is 9.59 Å². The topological polar surface area (TPSA) is 87.7 Å². The van der Waals surface area contributed by atoms with E-state index in [1.165, 1.54) is 11.6 Å². The molecule has 142 valence electrons. The van der Waals surface area contributed by atoms with Crippen LogP contribution in [0.25, 0.3) is 11.3 Å². The summed E-state index contributed by atoms with van der Waals surface area (Å²) in [5.74, 6) is -0.289. The number of nitrogens with zero attached hydrogens (tertiary/aromatic N) is 2. The molecule has 0 radical (unpaired) electrons. The highest BCUT2D eigenvalue weighted by atomic mass is 16.2. The number of nitrogens with one attached hydrogen (secondary N) is 2. The lowest BCUT2D eigenvalue weighted by molar-refractivity contribution is 0.102. The number of hydrogen-bond donors (Lipinski definition) is 2. The molecular formula is C23H18N4O2. The Hall–Kier alpha value is -4.06. The first-order valence-corrected chi connectivity index (χ1v) is 9.14. The van der Waals surface area contributed by atoms with Gasteiger partial charge in [-0.05, 0) is 41.8 Å². The Morgan fingerprint density at radius 1 is 0.897 bits per heavy atom. The van der Waals surface area contributed by atoms with Crippen molar-refractivity contribution in [2.75, 3.05) is 5.32 Å². The maximum atomic E-state index is 12.5. The summed E-state index contributed by atoms with van der Waals surface area (Å²) in [6.45, 7) is 0. The van der Waals surface area contributed by atoms with E-state index in [2.05, 4.69) is 32.6 Å². The lowest BCUT2D eigenvalue weighted by atomic mass is 10.1. The molecule has 4 aromatic rings. The van der Waals surface area contributed by atoms with E-state index in [4.69, 9.17) is 0 Å². The van der Waals surface area contributed by atoms with Crippen molar-refractivity contribution in [2.45, 2.75) is 6.42 Å². The minimum Gasteiger partial charge on any atom is -0.321 e. The lowest BCUT2D eigenvalue weighted by Gasteiger charge is -2.08. The minimum absolute atomic E-state index is 0.264. The van der Waals surface area contributed by atoms with Crippen molar-refractivity contribution >= 4 is 11.6 Å².